The van der Waals surface area contributed by atoms with Crippen molar-refractivity contribution >= 4 is 0 Å². The van der Waals surface area contributed by atoms with Crippen molar-refractivity contribution in [2.45, 2.75) is 32.3 Å². The Morgan fingerprint density at radius 1 is 1.69 bits per heavy atom. The SMILES string of the molecule is C#CCC(C)(C)c1ocnc1CO. The molecule has 0 amide bonds. The second kappa shape index (κ2) is 3.63. The average Bonchev–Trinajstić information content (AvgIpc) is 2.51. The third kappa shape index (κ3) is 1.90. The number of hydrogen-bond acceptors (Lipinski definition) is 3. The van der Waals surface area contributed by atoms with E-state index in [1.165, 1.54) is 6.39 Å². The van der Waals surface area contributed by atoms with Gasteiger partial charge in [0, 0.05) is 11.8 Å². The van der Waals surface area contributed by atoms with Crippen LogP contribution >= 0.6 is 0 Å². The number of aromatic nitrogens is 1. The van der Waals surface area contributed by atoms with E-state index in [2.05, 4.69) is 10.9 Å². The Kier molecular flexibility index (Phi) is 2.74. The van der Waals surface area contributed by atoms with E-state index in [1.807, 2.05) is 13.8 Å². The van der Waals surface area contributed by atoms with Gasteiger partial charge in [0.15, 0.2) is 6.39 Å². The van der Waals surface area contributed by atoms with E-state index < -0.39 is 0 Å². The minimum absolute atomic E-state index is 0.111. The summed E-state index contributed by atoms with van der Waals surface area (Å²) in [6.07, 6.45) is 7.13. The molecule has 1 heterocycles. The lowest BCUT2D eigenvalue weighted by Crippen LogP contribution is -2.17. The van der Waals surface area contributed by atoms with E-state index in [-0.39, 0.29) is 12.0 Å². The molecule has 0 aliphatic carbocycles. The van der Waals surface area contributed by atoms with Crippen LogP contribution in [0.4, 0.5) is 0 Å². The van der Waals surface area contributed by atoms with Gasteiger partial charge in [-0.25, -0.2) is 4.98 Å². The van der Waals surface area contributed by atoms with Gasteiger partial charge in [0.05, 0.1) is 6.61 Å². The Hall–Kier alpha value is -1.27. The molecule has 3 heteroatoms. The van der Waals surface area contributed by atoms with Crippen LogP contribution in [0, 0.1) is 12.3 Å². The van der Waals surface area contributed by atoms with E-state index in [1.54, 1.807) is 0 Å². The van der Waals surface area contributed by atoms with Crippen molar-refractivity contribution in [1.82, 2.24) is 4.98 Å². The second-order valence-corrected chi connectivity index (χ2v) is 3.55. The lowest BCUT2D eigenvalue weighted by Gasteiger charge is -2.19. The number of aliphatic hydroxyl groups is 1. The molecule has 0 radical (unpaired) electrons. The van der Waals surface area contributed by atoms with Crippen molar-refractivity contribution in [2.75, 3.05) is 0 Å². The van der Waals surface area contributed by atoms with Gasteiger partial charge < -0.3 is 9.52 Å². The third-order valence-electron chi connectivity index (χ3n) is 1.95. The fraction of sp³-hybridized carbons (Fsp3) is 0.500. The minimum atomic E-state index is -0.261. The zero-order chi connectivity index (χ0) is 9.90. The summed E-state index contributed by atoms with van der Waals surface area (Å²) < 4.78 is 5.21. The van der Waals surface area contributed by atoms with E-state index in [4.69, 9.17) is 15.9 Å². The van der Waals surface area contributed by atoms with Gasteiger partial charge >= 0.3 is 0 Å². The molecular formula is C10H13NO2. The first kappa shape index (κ1) is 9.82. The first-order valence-electron chi connectivity index (χ1n) is 4.09. The highest BCUT2D eigenvalue weighted by molar-refractivity contribution is 5.19. The average molecular weight is 179 g/mol. The fourth-order valence-corrected chi connectivity index (χ4v) is 1.27. The summed E-state index contributed by atoms with van der Waals surface area (Å²) in [4.78, 5) is 3.90. The van der Waals surface area contributed by atoms with Crippen molar-refractivity contribution in [1.29, 1.82) is 0 Å². The smallest absolute Gasteiger partial charge is 0.181 e. The van der Waals surface area contributed by atoms with E-state index in [0.29, 0.717) is 17.9 Å². The van der Waals surface area contributed by atoms with Crippen LogP contribution in [-0.4, -0.2) is 10.1 Å². The molecule has 13 heavy (non-hydrogen) atoms. The molecule has 1 N–H and O–H groups in total. The van der Waals surface area contributed by atoms with Crippen molar-refractivity contribution in [3.8, 4) is 12.3 Å². The molecule has 0 atom stereocenters. The van der Waals surface area contributed by atoms with Gasteiger partial charge in [-0.15, -0.1) is 12.3 Å². The number of hydrogen-bond donors (Lipinski definition) is 1. The van der Waals surface area contributed by atoms with Gasteiger partial charge in [0.25, 0.3) is 0 Å². The minimum Gasteiger partial charge on any atom is -0.448 e. The Morgan fingerprint density at radius 3 is 2.92 bits per heavy atom. The maximum Gasteiger partial charge on any atom is 0.181 e. The summed E-state index contributed by atoms with van der Waals surface area (Å²) in [7, 11) is 0. The van der Waals surface area contributed by atoms with Crippen LogP contribution in [0.2, 0.25) is 0 Å². The Morgan fingerprint density at radius 2 is 2.38 bits per heavy atom. The van der Waals surface area contributed by atoms with E-state index in [9.17, 15) is 0 Å². The van der Waals surface area contributed by atoms with Crippen LogP contribution < -0.4 is 0 Å². The Labute approximate surface area is 77.8 Å². The number of aliphatic hydroxyl groups excluding tert-OH is 1. The summed E-state index contributed by atoms with van der Waals surface area (Å²) in [6, 6.07) is 0. The molecule has 0 saturated heterocycles. The summed E-state index contributed by atoms with van der Waals surface area (Å²) >= 11 is 0. The predicted octanol–water partition coefficient (Wildman–Crippen LogP) is 1.47. The highest BCUT2D eigenvalue weighted by Gasteiger charge is 2.26. The standard InChI is InChI=1S/C10H13NO2/c1-4-5-10(2,3)9-8(6-12)11-7-13-9/h1,7,12H,5-6H2,2-3H3. The predicted molar refractivity (Wildman–Crippen MR) is 48.9 cm³/mol. The molecule has 0 bridgehead atoms. The van der Waals surface area contributed by atoms with Crippen molar-refractivity contribution in [2.24, 2.45) is 0 Å². The summed E-state index contributed by atoms with van der Waals surface area (Å²) in [5.41, 5.74) is 0.309. The van der Waals surface area contributed by atoms with Crippen LogP contribution in [-0.2, 0) is 12.0 Å². The van der Waals surface area contributed by atoms with E-state index in [0.717, 1.165) is 0 Å². The van der Waals surface area contributed by atoms with Gasteiger partial charge in [0.2, 0.25) is 0 Å². The fourth-order valence-electron chi connectivity index (χ4n) is 1.27. The largest absolute Gasteiger partial charge is 0.448 e. The monoisotopic (exact) mass is 179 g/mol. The Bertz CT molecular complexity index is 320. The zero-order valence-electron chi connectivity index (χ0n) is 7.87. The quantitative estimate of drug-likeness (QED) is 0.715. The number of oxazole rings is 1. The van der Waals surface area contributed by atoms with Crippen LogP contribution in [0.25, 0.3) is 0 Å². The van der Waals surface area contributed by atoms with E-state index >= 15 is 0 Å². The van der Waals surface area contributed by atoms with Crippen LogP contribution in [0.3, 0.4) is 0 Å². The molecule has 0 fully saturated rings. The van der Waals surface area contributed by atoms with Gasteiger partial charge in [-0.2, -0.15) is 0 Å². The number of terminal acetylenes is 1. The molecular weight excluding hydrogens is 166 g/mol. The highest BCUT2D eigenvalue weighted by Crippen LogP contribution is 2.28. The Balaban J connectivity index is 3.00. The molecule has 0 unspecified atom stereocenters. The first-order chi connectivity index (χ1) is 6.11. The molecule has 1 rings (SSSR count). The van der Waals surface area contributed by atoms with Crippen molar-refractivity contribution in [3.63, 3.8) is 0 Å². The highest BCUT2D eigenvalue weighted by atomic mass is 16.3. The lowest BCUT2D eigenvalue weighted by molar-refractivity contribution is 0.268. The maximum atomic E-state index is 8.96. The summed E-state index contributed by atoms with van der Waals surface area (Å²) in [6.45, 7) is 3.82. The molecule has 1 aromatic heterocycles. The van der Waals surface area contributed by atoms with Gasteiger partial charge in [-0.1, -0.05) is 13.8 Å². The van der Waals surface area contributed by atoms with Gasteiger partial charge in [0.1, 0.15) is 11.5 Å². The third-order valence-corrected chi connectivity index (χ3v) is 1.95. The number of rotatable bonds is 3. The molecule has 0 aliphatic heterocycles. The first-order valence-corrected chi connectivity index (χ1v) is 4.09. The summed E-state index contributed by atoms with van der Waals surface area (Å²) in [5, 5.41) is 8.96. The number of nitrogens with zero attached hydrogens (tertiary/aromatic N) is 1. The van der Waals surface area contributed by atoms with Crippen LogP contribution in [0.15, 0.2) is 10.8 Å². The molecule has 3 nitrogen and oxygen atoms in total. The normalized spacial score (nSPS) is 11.2. The molecule has 0 aromatic carbocycles. The van der Waals surface area contributed by atoms with Crippen molar-refractivity contribution in [3.05, 3.63) is 17.8 Å². The maximum absolute atomic E-state index is 8.96. The van der Waals surface area contributed by atoms with Gasteiger partial charge in [-0.3, -0.25) is 0 Å². The van der Waals surface area contributed by atoms with Crippen molar-refractivity contribution < 1.29 is 9.52 Å². The second-order valence-electron chi connectivity index (χ2n) is 3.55. The lowest BCUT2D eigenvalue weighted by atomic mass is 9.86. The molecule has 1 aromatic rings. The van der Waals surface area contributed by atoms with Crippen LogP contribution in [0.5, 0.6) is 0 Å². The molecule has 0 saturated carbocycles. The van der Waals surface area contributed by atoms with Crippen LogP contribution in [0.1, 0.15) is 31.7 Å². The zero-order valence-corrected chi connectivity index (χ0v) is 7.87. The van der Waals surface area contributed by atoms with Gasteiger partial charge in [-0.05, 0) is 0 Å². The molecule has 0 aliphatic rings. The summed E-state index contributed by atoms with van der Waals surface area (Å²) in [5.74, 6) is 3.25. The molecule has 70 valence electrons. The topological polar surface area (TPSA) is 46.3 Å². The molecule has 0 spiro atoms.